The van der Waals surface area contributed by atoms with Crippen molar-refractivity contribution >= 4 is 5.78 Å². The van der Waals surface area contributed by atoms with E-state index in [1.807, 2.05) is 12.3 Å². The van der Waals surface area contributed by atoms with Crippen molar-refractivity contribution in [3.8, 4) is 0 Å². The van der Waals surface area contributed by atoms with E-state index in [9.17, 15) is 4.79 Å². The zero-order chi connectivity index (χ0) is 11.0. The van der Waals surface area contributed by atoms with Crippen LogP contribution in [-0.2, 0) is 4.79 Å². The second-order valence-corrected chi connectivity index (χ2v) is 4.47. The van der Waals surface area contributed by atoms with E-state index in [1.54, 1.807) is 6.92 Å². The Balaban J connectivity index is 2.34. The minimum Gasteiger partial charge on any atom is -0.367 e. The first-order chi connectivity index (χ1) is 7.11. The summed E-state index contributed by atoms with van der Waals surface area (Å²) >= 11 is 0. The number of fused-ring (bicyclic) bond motifs is 1. The molecule has 0 spiro atoms. The fraction of sp³-hybridized carbons (Fsp3) is 0.462. The molecule has 2 heteroatoms. The van der Waals surface area contributed by atoms with Gasteiger partial charge in [-0.15, -0.1) is 0 Å². The molecule has 1 heterocycles. The van der Waals surface area contributed by atoms with Gasteiger partial charge < -0.3 is 4.90 Å². The van der Waals surface area contributed by atoms with Gasteiger partial charge in [0.25, 0.3) is 0 Å². The predicted octanol–water partition coefficient (Wildman–Crippen LogP) is 2.29. The van der Waals surface area contributed by atoms with Crippen molar-refractivity contribution in [2.45, 2.75) is 32.9 Å². The molecule has 1 aliphatic carbocycles. The molecule has 0 saturated carbocycles. The molecule has 0 aromatic heterocycles. The summed E-state index contributed by atoms with van der Waals surface area (Å²) in [5.41, 5.74) is 0.939. The molecule has 0 aromatic carbocycles. The van der Waals surface area contributed by atoms with Gasteiger partial charge in [-0.25, -0.2) is 0 Å². The third kappa shape index (κ3) is 1.65. The standard InChI is InChI=1S/C13H17NO/c1-9(2)14-8-12(10(3)15)11-6-4-5-7-13(11)14/h4-9,11,13H,1-3H3. The van der Waals surface area contributed by atoms with E-state index < -0.39 is 0 Å². The molecule has 0 bridgehead atoms. The van der Waals surface area contributed by atoms with Crippen LogP contribution in [0.5, 0.6) is 0 Å². The van der Waals surface area contributed by atoms with E-state index in [0.717, 1.165) is 5.57 Å². The normalized spacial score (nSPS) is 28.3. The quantitative estimate of drug-likeness (QED) is 0.686. The number of hydrogen-bond acceptors (Lipinski definition) is 2. The Morgan fingerprint density at radius 3 is 2.60 bits per heavy atom. The highest BCUT2D eigenvalue weighted by atomic mass is 16.1. The van der Waals surface area contributed by atoms with Gasteiger partial charge in [0.2, 0.25) is 0 Å². The van der Waals surface area contributed by atoms with Gasteiger partial charge in [0, 0.05) is 23.7 Å². The van der Waals surface area contributed by atoms with Crippen LogP contribution < -0.4 is 0 Å². The molecule has 80 valence electrons. The number of rotatable bonds is 2. The monoisotopic (exact) mass is 203 g/mol. The molecule has 0 fully saturated rings. The maximum absolute atomic E-state index is 11.5. The smallest absolute Gasteiger partial charge is 0.157 e. The van der Waals surface area contributed by atoms with Gasteiger partial charge in [-0.3, -0.25) is 4.79 Å². The molecule has 1 aliphatic heterocycles. The maximum Gasteiger partial charge on any atom is 0.157 e. The van der Waals surface area contributed by atoms with Gasteiger partial charge in [-0.05, 0) is 20.8 Å². The summed E-state index contributed by atoms with van der Waals surface area (Å²) in [6.45, 7) is 5.96. The summed E-state index contributed by atoms with van der Waals surface area (Å²) in [6, 6.07) is 0.777. The van der Waals surface area contributed by atoms with Crippen LogP contribution in [0.25, 0.3) is 0 Å². The molecule has 2 unspecified atom stereocenters. The van der Waals surface area contributed by atoms with Crippen molar-refractivity contribution < 1.29 is 4.79 Å². The van der Waals surface area contributed by atoms with Gasteiger partial charge in [-0.1, -0.05) is 24.3 Å². The second-order valence-electron chi connectivity index (χ2n) is 4.47. The van der Waals surface area contributed by atoms with Crippen LogP contribution in [0.3, 0.4) is 0 Å². The highest BCUT2D eigenvalue weighted by Gasteiger charge is 2.35. The van der Waals surface area contributed by atoms with Crippen molar-refractivity contribution in [1.82, 2.24) is 4.90 Å². The van der Waals surface area contributed by atoms with Crippen molar-refractivity contribution in [3.05, 3.63) is 36.1 Å². The maximum atomic E-state index is 11.5. The number of hydrogen-bond donors (Lipinski definition) is 0. The average molecular weight is 203 g/mol. The van der Waals surface area contributed by atoms with Crippen LogP contribution in [0.1, 0.15) is 20.8 Å². The first-order valence-electron chi connectivity index (χ1n) is 5.46. The molecule has 2 atom stereocenters. The molecule has 0 amide bonds. The third-order valence-electron chi connectivity index (χ3n) is 3.10. The number of allylic oxidation sites excluding steroid dienone is 2. The molecule has 15 heavy (non-hydrogen) atoms. The number of nitrogens with zero attached hydrogens (tertiary/aromatic N) is 1. The lowest BCUT2D eigenvalue weighted by Gasteiger charge is -2.30. The third-order valence-corrected chi connectivity index (χ3v) is 3.10. The van der Waals surface area contributed by atoms with Gasteiger partial charge in [0.05, 0.1) is 6.04 Å². The fourth-order valence-corrected chi connectivity index (χ4v) is 2.32. The topological polar surface area (TPSA) is 20.3 Å². The first-order valence-corrected chi connectivity index (χ1v) is 5.46. The van der Waals surface area contributed by atoms with Crippen LogP contribution in [-0.4, -0.2) is 22.8 Å². The summed E-state index contributed by atoms with van der Waals surface area (Å²) in [6.07, 6.45) is 10.4. The number of ketones is 1. The van der Waals surface area contributed by atoms with Crippen molar-refractivity contribution in [2.24, 2.45) is 5.92 Å². The summed E-state index contributed by atoms with van der Waals surface area (Å²) in [5, 5.41) is 0. The zero-order valence-electron chi connectivity index (χ0n) is 9.47. The lowest BCUT2D eigenvalue weighted by molar-refractivity contribution is -0.113. The van der Waals surface area contributed by atoms with Gasteiger partial charge in [0.15, 0.2) is 5.78 Å². The van der Waals surface area contributed by atoms with E-state index in [-0.39, 0.29) is 11.7 Å². The highest BCUT2D eigenvalue weighted by molar-refractivity contribution is 5.94. The molecular formula is C13H17NO. The van der Waals surface area contributed by atoms with Crippen LogP contribution in [0, 0.1) is 5.92 Å². The lowest BCUT2D eigenvalue weighted by atomic mass is 9.89. The Kier molecular flexibility index (Phi) is 2.51. The molecule has 0 radical (unpaired) electrons. The van der Waals surface area contributed by atoms with E-state index in [1.165, 1.54) is 0 Å². The average Bonchev–Trinajstić information content (AvgIpc) is 2.56. The predicted molar refractivity (Wildman–Crippen MR) is 61.3 cm³/mol. The van der Waals surface area contributed by atoms with Gasteiger partial charge >= 0.3 is 0 Å². The van der Waals surface area contributed by atoms with Crippen molar-refractivity contribution in [1.29, 1.82) is 0 Å². The van der Waals surface area contributed by atoms with Crippen LogP contribution in [0.2, 0.25) is 0 Å². The van der Waals surface area contributed by atoms with Crippen LogP contribution in [0.4, 0.5) is 0 Å². The van der Waals surface area contributed by atoms with E-state index in [2.05, 4.69) is 37.0 Å². The molecule has 0 N–H and O–H groups in total. The molecule has 2 rings (SSSR count). The van der Waals surface area contributed by atoms with Gasteiger partial charge in [0.1, 0.15) is 0 Å². The minimum absolute atomic E-state index is 0.188. The zero-order valence-corrected chi connectivity index (χ0v) is 9.47. The van der Waals surface area contributed by atoms with E-state index in [0.29, 0.717) is 12.1 Å². The Morgan fingerprint density at radius 2 is 2.00 bits per heavy atom. The summed E-state index contributed by atoms with van der Waals surface area (Å²) in [4.78, 5) is 13.8. The Bertz CT molecular complexity index is 363. The second kappa shape index (κ2) is 3.69. The molecule has 0 aromatic rings. The number of Topliss-reactive ketones (excluding diaryl/α,β-unsaturated/α-hetero) is 1. The summed E-state index contributed by atoms with van der Waals surface area (Å²) in [7, 11) is 0. The molecule has 2 aliphatic rings. The first kappa shape index (κ1) is 10.2. The Hall–Kier alpha value is -1.31. The molecular weight excluding hydrogens is 186 g/mol. The number of carbonyl (C=O) groups is 1. The fourth-order valence-electron chi connectivity index (χ4n) is 2.32. The lowest BCUT2D eigenvalue weighted by Crippen LogP contribution is -2.35. The van der Waals surface area contributed by atoms with Crippen LogP contribution in [0.15, 0.2) is 36.1 Å². The summed E-state index contributed by atoms with van der Waals surface area (Å²) in [5.74, 6) is 0.447. The van der Waals surface area contributed by atoms with Crippen molar-refractivity contribution in [3.63, 3.8) is 0 Å². The molecule has 0 saturated heterocycles. The minimum atomic E-state index is 0.188. The molecule has 2 nitrogen and oxygen atoms in total. The van der Waals surface area contributed by atoms with E-state index >= 15 is 0 Å². The SMILES string of the molecule is CC(=O)C1=CN(C(C)C)C2C=CC=CC12. The van der Waals surface area contributed by atoms with Gasteiger partial charge in [-0.2, -0.15) is 0 Å². The largest absolute Gasteiger partial charge is 0.367 e. The van der Waals surface area contributed by atoms with E-state index in [4.69, 9.17) is 0 Å². The van der Waals surface area contributed by atoms with Crippen molar-refractivity contribution in [2.75, 3.05) is 0 Å². The Morgan fingerprint density at radius 1 is 1.33 bits per heavy atom. The Labute approximate surface area is 91.0 Å². The number of carbonyl (C=O) groups excluding carboxylic acids is 1. The summed E-state index contributed by atoms with van der Waals surface area (Å²) < 4.78 is 0. The van der Waals surface area contributed by atoms with Crippen LogP contribution >= 0.6 is 0 Å². The highest BCUT2D eigenvalue weighted by Crippen LogP contribution is 2.34.